The second-order valence-corrected chi connectivity index (χ2v) is 7.85. The molecule has 4 rings (SSSR count). The molecule has 1 aromatic heterocycles. The summed E-state index contributed by atoms with van der Waals surface area (Å²) < 4.78 is 0. The third-order valence-corrected chi connectivity index (χ3v) is 5.82. The maximum atomic E-state index is 13.1. The number of carbonyl (C=O) groups excluding carboxylic acids is 1. The lowest BCUT2D eigenvalue weighted by atomic mass is 10.3. The van der Waals surface area contributed by atoms with Gasteiger partial charge in [-0.2, -0.15) is 0 Å². The highest BCUT2D eigenvalue weighted by Crippen LogP contribution is 2.38. The van der Waals surface area contributed by atoms with Crippen LogP contribution in [0.4, 0.5) is 16.4 Å². The standard InChI is InChI=1S/C20H13N3O3S2/c24-19-17(13-16-11-12-18(27-16)23(25)26)28-20(21-14-7-3-1-4-8-14)22(19)15-9-5-2-6-10-15/h1-13H. The van der Waals surface area contributed by atoms with Gasteiger partial charge >= 0.3 is 5.00 Å². The zero-order valence-electron chi connectivity index (χ0n) is 14.4. The first-order valence-corrected chi connectivity index (χ1v) is 9.92. The number of aliphatic imine (C=N–C) groups is 1. The van der Waals surface area contributed by atoms with Crippen molar-refractivity contribution in [3.05, 3.63) is 92.7 Å². The summed E-state index contributed by atoms with van der Waals surface area (Å²) in [5, 5.41) is 11.5. The number of anilines is 1. The van der Waals surface area contributed by atoms with Crippen molar-refractivity contribution in [3.8, 4) is 0 Å². The number of rotatable bonds is 4. The predicted molar refractivity (Wildman–Crippen MR) is 114 cm³/mol. The maximum Gasteiger partial charge on any atom is 0.324 e. The fraction of sp³-hybridized carbons (Fsp3) is 0. The Morgan fingerprint density at radius 2 is 1.64 bits per heavy atom. The van der Waals surface area contributed by atoms with Crippen LogP contribution in [0.25, 0.3) is 6.08 Å². The summed E-state index contributed by atoms with van der Waals surface area (Å²) in [5.74, 6) is -0.207. The fourth-order valence-electron chi connectivity index (χ4n) is 2.61. The number of carbonyl (C=O) groups is 1. The number of amides is 1. The van der Waals surface area contributed by atoms with Crippen LogP contribution in [-0.2, 0) is 4.79 Å². The van der Waals surface area contributed by atoms with Crippen molar-refractivity contribution >= 4 is 56.6 Å². The number of nitro groups is 1. The van der Waals surface area contributed by atoms with E-state index in [0.29, 0.717) is 14.9 Å². The van der Waals surface area contributed by atoms with Gasteiger partial charge in [0.25, 0.3) is 5.91 Å². The summed E-state index contributed by atoms with van der Waals surface area (Å²) in [6, 6.07) is 21.8. The van der Waals surface area contributed by atoms with Gasteiger partial charge in [-0.1, -0.05) is 47.7 Å². The Morgan fingerprint density at radius 1 is 0.964 bits per heavy atom. The van der Waals surface area contributed by atoms with E-state index in [1.807, 2.05) is 60.7 Å². The van der Waals surface area contributed by atoms with Crippen LogP contribution in [0.5, 0.6) is 0 Å². The number of amidine groups is 1. The molecule has 0 bridgehead atoms. The molecule has 0 aliphatic carbocycles. The van der Waals surface area contributed by atoms with Crippen LogP contribution in [0.2, 0.25) is 0 Å². The third-order valence-electron chi connectivity index (χ3n) is 3.87. The van der Waals surface area contributed by atoms with E-state index in [1.165, 1.54) is 17.8 Å². The van der Waals surface area contributed by atoms with E-state index < -0.39 is 4.92 Å². The van der Waals surface area contributed by atoms with Crippen LogP contribution in [0.3, 0.4) is 0 Å². The first-order valence-electron chi connectivity index (χ1n) is 8.29. The Bertz CT molecular complexity index is 1090. The summed E-state index contributed by atoms with van der Waals surface area (Å²) in [6.45, 7) is 0. The number of thioether (sulfide) groups is 1. The number of thiophene rings is 1. The second-order valence-electron chi connectivity index (χ2n) is 5.75. The van der Waals surface area contributed by atoms with Gasteiger partial charge in [0, 0.05) is 10.9 Å². The average molecular weight is 407 g/mol. The van der Waals surface area contributed by atoms with Crippen molar-refractivity contribution in [3.63, 3.8) is 0 Å². The molecule has 1 fully saturated rings. The highest BCUT2D eigenvalue weighted by atomic mass is 32.2. The SMILES string of the molecule is O=C1C(=Cc2ccc([N+](=O)[O-])s2)SC(=Nc2ccccc2)N1c1ccccc1. The molecular weight excluding hydrogens is 394 g/mol. The topological polar surface area (TPSA) is 75.8 Å². The number of hydrogen-bond donors (Lipinski definition) is 0. The van der Waals surface area contributed by atoms with Crippen molar-refractivity contribution in [2.75, 3.05) is 4.90 Å². The van der Waals surface area contributed by atoms with Gasteiger partial charge in [-0.05, 0) is 48.2 Å². The molecule has 1 aliphatic heterocycles. The highest BCUT2D eigenvalue weighted by Gasteiger charge is 2.34. The molecule has 6 nitrogen and oxygen atoms in total. The van der Waals surface area contributed by atoms with Crippen molar-refractivity contribution in [2.45, 2.75) is 0 Å². The van der Waals surface area contributed by atoms with Crippen LogP contribution in [0.15, 0.2) is 82.7 Å². The number of benzene rings is 2. The van der Waals surface area contributed by atoms with E-state index >= 15 is 0 Å². The van der Waals surface area contributed by atoms with Gasteiger partial charge in [0.2, 0.25) is 0 Å². The van der Waals surface area contributed by atoms with Crippen molar-refractivity contribution in [1.29, 1.82) is 0 Å². The highest BCUT2D eigenvalue weighted by molar-refractivity contribution is 8.19. The number of nitrogens with zero attached hydrogens (tertiary/aromatic N) is 3. The first-order chi connectivity index (χ1) is 13.6. The molecule has 0 atom stereocenters. The third kappa shape index (κ3) is 3.73. The summed E-state index contributed by atoms with van der Waals surface area (Å²) in [6.07, 6.45) is 1.67. The molecule has 138 valence electrons. The Hall–Kier alpha value is -3.23. The summed E-state index contributed by atoms with van der Waals surface area (Å²) >= 11 is 2.29. The van der Waals surface area contributed by atoms with E-state index in [1.54, 1.807) is 17.0 Å². The molecule has 0 spiro atoms. The molecule has 1 amide bonds. The van der Waals surface area contributed by atoms with E-state index in [2.05, 4.69) is 4.99 Å². The molecule has 0 radical (unpaired) electrons. The first kappa shape index (κ1) is 18.1. The second kappa shape index (κ2) is 7.79. The molecule has 0 N–H and O–H groups in total. The molecule has 8 heteroatoms. The van der Waals surface area contributed by atoms with Gasteiger partial charge in [-0.15, -0.1) is 0 Å². The van der Waals surface area contributed by atoms with Gasteiger partial charge in [0.15, 0.2) is 5.17 Å². The zero-order valence-corrected chi connectivity index (χ0v) is 16.0. The molecule has 1 aliphatic rings. The molecule has 28 heavy (non-hydrogen) atoms. The number of hydrogen-bond acceptors (Lipinski definition) is 6. The van der Waals surface area contributed by atoms with Crippen molar-refractivity contribution in [2.24, 2.45) is 4.99 Å². The molecule has 1 saturated heterocycles. The maximum absolute atomic E-state index is 13.1. The van der Waals surface area contributed by atoms with Crippen LogP contribution in [0.1, 0.15) is 4.88 Å². The zero-order chi connectivity index (χ0) is 19.5. The van der Waals surface area contributed by atoms with Crippen LogP contribution < -0.4 is 4.90 Å². The van der Waals surface area contributed by atoms with E-state index in [4.69, 9.17) is 0 Å². The van der Waals surface area contributed by atoms with E-state index in [-0.39, 0.29) is 10.9 Å². The molecule has 0 unspecified atom stereocenters. The molecule has 2 heterocycles. The smallest absolute Gasteiger partial charge is 0.268 e. The quantitative estimate of drug-likeness (QED) is 0.327. The molecular formula is C20H13N3O3S2. The largest absolute Gasteiger partial charge is 0.324 e. The minimum Gasteiger partial charge on any atom is -0.268 e. The Morgan fingerprint density at radius 3 is 2.29 bits per heavy atom. The lowest BCUT2D eigenvalue weighted by Crippen LogP contribution is -2.28. The average Bonchev–Trinajstić information content (AvgIpc) is 3.29. The Balaban J connectivity index is 1.74. The minimum atomic E-state index is -0.436. The molecule has 2 aromatic carbocycles. The van der Waals surface area contributed by atoms with Gasteiger partial charge in [0.05, 0.1) is 21.2 Å². The predicted octanol–water partition coefficient (Wildman–Crippen LogP) is 5.46. The summed E-state index contributed by atoms with van der Waals surface area (Å²) in [5.41, 5.74) is 1.46. The van der Waals surface area contributed by atoms with Crippen LogP contribution >= 0.6 is 23.1 Å². The van der Waals surface area contributed by atoms with Gasteiger partial charge in [0.1, 0.15) is 0 Å². The fourth-order valence-corrected chi connectivity index (χ4v) is 4.44. The van der Waals surface area contributed by atoms with Crippen LogP contribution in [0, 0.1) is 10.1 Å². The van der Waals surface area contributed by atoms with E-state index in [9.17, 15) is 14.9 Å². The van der Waals surface area contributed by atoms with Crippen molar-refractivity contribution in [1.82, 2.24) is 0 Å². The summed E-state index contributed by atoms with van der Waals surface area (Å²) in [7, 11) is 0. The molecule has 3 aromatic rings. The number of para-hydroxylation sites is 2. The van der Waals surface area contributed by atoms with E-state index in [0.717, 1.165) is 22.7 Å². The minimum absolute atomic E-state index is 0.0420. The lowest BCUT2D eigenvalue weighted by molar-refractivity contribution is -0.380. The Kier molecular flexibility index (Phi) is 5.05. The van der Waals surface area contributed by atoms with Gasteiger partial charge in [-0.25, -0.2) is 4.99 Å². The van der Waals surface area contributed by atoms with Crippen molar-refractivity contribution < 1.29 is 9.72 Å². The van der Waals surface area contributed by atoms with Crippen LogP contribution in [-0.4, -0.2) is 16.0 Å². The molecule has 0 saturated carbocycles. The van der Waals surface area contributed by atoms with Gasteiger partial charge < -0.3 is 0 Å². The monoisotopic (exact) mass is 407 g/mol. The normalized spacial score (nSPS) is 16.9. The van der Waals surface area contributed by atoms with Gasteiger partial charge in [-0.3, -0.25) is 19.8 Å². The Labute approximate surface area is 169 Å². The lowest BCUT2D eigenvalue weighted by Gasteiger charge is -2.15. The summed E-state index contributed by atoms with van der Waals surface area (Å²) in [4.78, 5) is 30.9.